The average Bonchev–Trinajstić information content (AvgIpc) is 3.04. The summed E-state index contributed by atoms with van der Waals surface area (Å²) in [7, 11) is 0. The Morgan fingerprint density at radius 2 is 1.70 bits per heavy atom. The number of hydrogen-bond acceptors (Lipinski definition) is 8. The van der Waals surface area contributed by atoms with Gasteiger partial charge in [-0.2, -0.15) is 4.99 Å². The molecule has 3 rings (SSSR count). The fraction of sp³-hybridized carbons (Fsp3) is 0.167. The summed E-state index contributed by atoms with van der Waals surface area (Å²) in [5.41, 5.74) is 0.291. The lowest BCUT2D eigenvalue weighted by Gasteiger charge is -2.05. The molecule has 0 unspecified atom stereocenters. The van der Waals surface area contributed by atoms with Crippen LogP contribution in [0.2, 0.25) is 0 Å². The Hall–Kier alpha value is -3.93. The van der Waals surface area contributed by atoms with Crippen molar-refractivity contribution in [3.05, 3.63) is 73.1 Å². The van der Waals surface area contributed by atoms with Crippen LogP contribution < -0.4 is 4.80 Å². The van der Waals surface area contributed by atoms with Crippen LogP contribution >= 0.6 is 11.3 Å². The summed E-state index contributed by atoms with van der Waals surface area (Å²) in [6.45, 7) is 1.58. The number of aromatic nitrogens is 1. The van der Waals surface area contributed by atoms with Crippen molar-refractivity contribution in [2.45, 2.75) is 13.5 Å². The number of carbonyl (C=O) groups is 2. The van der Waals surface area contributed by atoms with Gasteiger partial charge in [0.05, 0.1) is 26.7 Å². The highest BCUT2D eigenvalue weighted by atomic mass is 32.1. The van der Waals surface area contributed by atoms with Crippen LogP contribution in [0, 0.1) is 20.2 Å². The van der Waals surface area contributed by atoms with E-state index >= 15 is 0 Å². The van der Waals surface area contributed by atoms with E-state index in [1.165, 1.54) is 47.0 Å². The SMILES string of the molecule is CCOC(=O)Cn1c(=NC(=O)c2ccc([N+](=O)[O-])cc2)sc2cc([N+](=O)[O-])ccc21. The number of amides is 1. The third-order valence-corrected chi connectivity index (χ3v) is 5.03. The number of nitro benzene ring substituents is 2. The van der Waals surface area contributed by atoms with Crippen molar-refractivity contribution in [3.8, 4) is 0 Å². The van der Waals surface area contributed by atoms with E-state index in [0.717, 1.165) is 11.3 Å². The Balaban J connectivity index is 2.09. The van der Waals surface area contributed by atoms with Gasteiger partial charge in [0.1, 0.15) is 6.54 Å². The summed E-state index contributed by atoms with van der Waals surface area (Å²) in [6.07, 6.45) is 0. The van der Waals surface area contributed by atoms with Gasteiger partial charge < -0.3 is 9.30 Å². The van der Waals surface area contributed by atoms with E-state index in [-0.39, 0.29) is 34.9 Å². The summed E-state index contributed by atoms with van der Waals surface area (Å²) in [5, 5.41) is 21.8. The lowest BCUT2D eigenvalue weighted by Crippen LogP contribution is -2.23. The van der Waals surface area contributed by atoms with Gasteiger partial charge in [0.15, 0.2) is 4.80 Å². The number of rotatable bonds is 6. The minimum atomic E-state index is -0.677. The zero-order valence-electron chi connectivity index (χ0n) is 15.5. The zero-order chi connectivity index (χ0) is 21.8. The third kappa shape index (κ3) is 4.38. The van der Waals surface area contributed by atoms with Crippen molar-refractivity contribution >= 4 is 44.8 Å². The topological polar surface area (TPSA) is 147 Å². The van der Waals surface area contributed by atoms with Crippen LogP contribution in [0.5, 0.6) is 0 Å². The molecular weight excluding hydrogens is 416 g/mol. The number of benzene rings is 2. The molecule has 3 aromatic rings. The highest BCUT2D eigenvalue weighted by Gasteiger charge is 2.16. The van der Waals surface area contributed by atoms with Gasteiger partial charge in [-0.15, -0.1) is 0 Å². The first kappa shape index (κ1) is 20.8. The van der Waals surface area contributed by atoms with Crippen LogP contribution in [0.25, 0.3) is 10.2 Å². The van der Waals surface area contributed by atoms with Gasteiger partial charge >= 0.3 is 5.97 Å². The molecule has 1 aromatic heterocycles. The molecule has 0 fully saturated rings. The van der Waals surface area contributed by atoms with Gasteiger partial charge in [0.2, 0.25) is 0 Å². The van der Waals surface area contributed by atoms with E-state index in [0.29, 0.717) is 10.2 Å². The molecule has 0 aliphatic carbocycles. The predicted octanol–water partition coefficient (Wildman–Crippen LogP) is 2.82. The van der Waals surface area contributed by atoms with Crippen molar-refractivity contribution in [2.75, 3.05) is 6.61 Å². The first-order chi connectivity index (χ1) is 14.3. The number of fused-ring (bicyclic) bond motifs is 1. The summed E-state index contributed by atoms with van der Waals surface area (Å²) in [5.74, 6) is -1.23. The molecule has 12 heteroatoms. The van der Waals surface area contributed by atoms with Gasteiger partial charge in [0, 0.05) is 29.8 Å². The lowest BCUT2D eigenvalue weighted by molar-refractivity contribution is -0.385. The molecule has 0 atom stereocenters. The molecule has 0 saturated carbocycles. The van der Waals surface area contributed by atoms with Crippen molar-refractivity contribution in [2.24, 2.45) is 4.99 Å². The fourth-order valence-corrected chi connectivity index (χ4v) is 3.69. The standard InChI is InChI=1S/C18H14N4O7S/c1-2-29-16(23)10-20-14-8-7-13(22(27)28)9-15(14)30-18(20)19-17(24)11-3-5-12(6-4-11)21(25)26/h3-9H,2,10H2,1H3. The quantitative estimate of drug-likeness (QED) is 0.332. The lowest BCUT2D eigenvalue weighted by atomic mass is 10.2. The number of carbonyl (C=O) groups excluding carboxylic acids is 2. The third-order valence-electron chi connectivity index (χ3n) is 3.99. The molecule has 0 bridgehead atoms. The zero-order valence-corrected chi connectivity index (χ0v) is 16.3. The van der Waals surface area contributed by atoms with Gasteiger partial charge in [-0.3, -0.25) is 29.8 Å². The van der Waals surface area contributed by atoms with E-state index in [4.69, 9.17) is 4.74 Å². The van der Waals surface area contributed by atoms with Crippen molar-refractivity contribution in [1.82, 2.24) is 4.57 Å². The largest absolute Gasteiger partial charge is 0.465 e. The molecule has 1 amide bonds. The second-order valence-corrected chi connectivity index (χ2v) is 6.91. The highest BCUT2D eigenvalue weighted by molar-refractivity contribution is 7.16. The highest BCUT2D eigenvalue weighted by Crippen LogP contribution is 2.23. The van der Waals surface area contributed by atoms with Crippen LogP contribution in [0.1, 0.15) is 17.3 Å². The maximum atomic E-state index is 12.5. The minimum absolute atomic E-state index is 0.117. The second kappa shape index (κ2) is 8.61. The van der Waals surface area contributed by atoms with Gasteiger partial charge in [-0.25, -0.2) is 0 Å². The average molecular weight is 430 g/mol. The molecule has 30 heavy (non-hydrogen) atoms. The molecule has 2 aromatic carbocycles. The summed E-state index contributed by atoms with van der Waals surface area (Å²) < 4.78 is 6.85. The van der Waals surface area contributed by atoms with E-state index in [1.54, 1.807) is 6.92 Å². The number of nitrogens with zero attached hydrogens (tertiary/aromatic N) is 4. The monoisotopic (exact) mass is 430 g/mol. The summed E-state index contributed by atoms with van der Waals surface area (Å²) in [4.78, 5) is 49.4. The number of ether oxygens (including phenoxy) is 1. The molecular formula is C18H14N4O7S. The first-order valence-corrected chi connectivity index (χ1v) is 9.38. The number of esters is 1. The van der Waals surface area contributed by atoms with Crippen LogP contribution in [-0.2, 0) is 16.1 Å². The predicted molar refractivity (Wildman–Crippen MR) is 106 cm³/mol. The molecule has 1 heterocycles. The van der Waals surface area contributed by atoms with Gasteiger partial charge in [-0.1, -0.05) is 11.3 Å². The van der Waals surface area contributed by atoms with Crippen molar-refractivity contribution in [3.63, 3.8) is 0 Å². The molecule has 0 radical (unpaired) electrons. The molecule has 0 aliphatic heterocycles. The van der Waals surface area contributed by atoms with Gasteiger partial charge in [0.25, 0.3) is 17.3 Å². The Labute approximate surface area is 172 Å². The molecule has 154 valence electrons. The fourth-order valence-electron chi connectivity index (χ4n) is 2.63. The molecule has 11 nitrogen and oxygen atoms in total. The van der Waals surface area contributed by atoms with Crippen LogP contribution in [0.15, 0.2) is 47.5 Å². The smallest absolute Gasteiger partial charge is 0.326 e. The van der Waals surface area contributed by atoms with Crippen molar-refractivity contribution < 1.29 is 24.2 Å². The maximum absolute atomic E-state index is 12.5. The van der Waals surface area contributed by atoms with Crippen LogP contribution in [0.4, 0.5) is 11.4 Å². The summed E-state index contributed by atoms with van der Waals surface area (Å²) >= 11 is 1.00. The Morgan fingerprint density at radius 1 is 1.07 bits per heavy atom. The van der Waals surface area contributed by atoms with E-state index in [9.17, 15) is 29.8 Å². The van der Waals surface area contributed by atoms with E-state index in [1.807, 2.05) is 0 Å². The Morgan fingerprint density at radius 3 is 2.30 bits per heavy atom. The van der Waals surface area contributed by atoms with Crippen LogP contribution in [-0.4, -0.2) is 32.9 Å². The molecule has 0 spiro atoms. The number of hydrogen-bond donors (Lipinski definition) is 0. The Bertz CT molecular complexity index is 1230. The number of nitro groups is 2. The first-order valence-electron chi connectivity index (χ1n) is 8.57. The van der Waals surface area contributed by atoms with Gasteiger partial charge in [-0.05, 0) is 25.1 Å². The minimum Gasteiger partial charge on any atom is -0.465 e. The molecule has 0 N–H and O–H groups in total. The van der Waals surface area contributed by atoms with Crippen molar-refractivity contribution in [1.29, 1.82) is 0 Å². The normalized spacial score (nSPS) is 11.4. The van der Waals surface area contributed by atoms with Crippen LogP contribution in [0.3, 0.4) is 0 Å². The summed E-state index contributed by atoms with van der Waals surface area (Å²) in [6, 6.07) is 9.01. The molecule has 0 saturated heterocycles. The number of thiazole rings is 1. The molecule has 0 aliphatic rings. The number of non-ortho nitro benzene ring substituents is 2. The van der Waals surface area contributed by atoms with E-state index < -0.39 is 21.7 Å². The van der Waals surface area contributed by atoms with E-state index in [2.05, 4.69) is 4.99 Å². The second-order valence-electron chi connectivity index (χ2n) is 5.91. The Kier molecular flexibility index (Phi) is 5.97. The maximum Gasteiger partial charge on any atom is 0.326 e.